The van der Waals surface area contributed by atoms with Gasteiger partial charge in [-0.05, 0) is 25.3 Å². The van der Waals surface area contributed by atoms with Gasteiger partial charge in [0, 0.05) is 44.0 Å². The van der Waals surface area contributed by atoms with Gasteiger partial charge in [-0.2, -0.15) is 5.10 Å². The van der Waals surface area contributed by atoms with Crippen LogP contribution in [0.5, 0.6) is 0 Å². The van der Waals surface area contributed by atoms with Crippen molar-refractivity contribution in [2.75, 3.05) is 18.0 Å². The minimum Gasteiger partial charge on any atom is -0.356 e. The van der Waals surface area contributed by atoms with Crippen molar-refractivity contribution in [1.82, 2.24) is 19.7 Å². The predicted molar refractivity (Wildman–Crippen MR) is 78.9 cm³/mol. The first-order valence-electron chi connectivity index (χ1n) is 7.23. The molecule has 2 aromatic rings. The van der Waals surface area contributed by atoms with E-state index in [1.807, 2.05) is 24.9 Å². The summed E-state index contributed by atoms with van der Waals surface area (Å²) < 4.78 is 1.88. The number of rotatable bonds is 3. The van der Waals surface area contributed by atoms with Gasteiger partial charge in [0.25, 0.3) is 0 Å². The summed E-state index contributed by atoms with van der Waals surface area (Å²) in [6.45, 7) is 6.18. The van der Waals surface area contributed by atoms with E-state index in [0.717, 1.165) is 43.3 Å². The van der Waals surface area contributed by atoms with Crippen molar-refractivity contribution in [3.8, 4) is 0 Å². The van der Waals surface area contributed by atoms with Crippen molar-refractivity contribution < 1.29 is 0 Å². The smallest absolute Gasteiger partial charge is 0.132 e. The molecule has 0 N–H and O–H groups in total. The second kappa shape index (κ2) is 5.23. The molecule has 3 heterocycles. The molecule has 106 valence electrons. The molecule has 5 nitrogen and oxygen atoms in total. The summed E-state index contributed by atoms with van der Waals surface area (Å²) in [6, 6.07) is 2.12. The Morgan fingerprint density at radius 1 is 1.35 bits per heavy atom. The Bertz CT molecular complexity index is 604. The molecule has 0 spiro atoms. The monoisotopic (exact) mass is 271 g/mol. The molecule has 1 aliphatic rings. The van der Waals surface area contributed by atoms with E-state index < -0.39 is 0 Å². The average molecular weight is 271 g/mol. The van der Waals surface area contributed by atoms with Gasteiger partial charge >= 0.3 is 0 Å². The van der Waals surface area contributed by atoms with Crippen LogP contribution in [0.25, 0.3) is 0 Å². The third kappa shape index (κ3) is 2.53. The molecule has 1 aliphatic heterocycles. The largest absolute Gasteiger partial charge is 0.356 e. The molecule has 0 aliphatic carbocycles. The second-order valence-electron chi connectivity index (χ2n) is 5.50. The fourth-order valence-electron chi connectivity index (χ4n) is 2.85. The summed E-state index contributed by atoms with van der Waals surface area (Å²) in [6.07, 6.45) is 6.22. The normalized spacial score (nSPS) is 18.8. The summed E-state index contributed by atoms with van der Waals surface area (Å²) in [5, 5.41) is 4.27. The molecule has 0 aromatic carbocycles. The predicted octanol–water partition coefficient (Wildman–Crippen LogP) is 2.07. The Kier molecular flexibility index (Phi) is 3.42. The standard InChI is InChI=1S/C15H21N5/c1-4-14-7-15(18-11(2)17-14)20-6-5-12(10-20)13-8-16-19(3)9-13/h7-9,12H,4-6,10H2,1-3H3. The number of hydrogen-bond acceptors (Lipinski definition) is 4. The van der Waals surface area contributed by atoms with Gasteiger partial charge in [0.15, 0.2) is 0 Å². The Morgan fingerprint density at radius 2 is 2.20 bits per heavy atom. The zero-order valence-electron chi connectivity index (χ0n) is 12.4. The van der Waals surface area contributed by atoms with Crippen LogP contribution >= 0.6 is 0 Å². The SMILES string of the molecule is CCc1cc(N2CCC(c3cnn(C)c3)C2)nc(C)n1. The Hall–Kier alpha value is -1.91. The number of anilines is 1. The molecule has 0 amide bonds. The van der Waals surface area contributed by atoms with Crippen LogP contribution in [0, 0.1) is 6.92 Å². The lowest BCUT2D eigenvalue weighted by atomic mass is 10.0. The highest BCUT2D eigenvalue weighted by Crippen LogP contribution is 2.29. The van der Waals surface area contributed by atoms with Crippen molar-refractivity contribution in [1.29, 1.82) is 0 Å². The number of nitrogens with zero attached hydrogens (tertiary/aromatic N) is 5. The van der Waals surface area contributed by atoms with Crippen LogP contribution in [0.2, 0.25) is 0 Å². The molecule has 0 saturated carbocycles. The van der Waals surface area contributed by atoms with E-state index in [4.69, 9.17) is 0 Å². The van der Waals surface area contributed by atoms with Gasteiger partial charge in [-0.25, -0.2) is 9.97 Å². The highest BCUT2D eigenvalue weighted by atomic mass is 15.2. The van der Waals surface area contributed by atoms with Gasteiger partial charge in [0.05, 0.1) is 6.20 Å². The van der Waals surface area contributed by atoms with Crippen molar-refractivity contribution in [3.05, 3.63) is 35.5 Å². The number of hydrogen-bond donors (Lipinski definition) is 0. The van der Waals surface area contributed by atoms with E-state index in [2.05, 4.69) is 39.2 Å². The topological polar surface area (TPSA) is 46.8 Å². The number of aryl methyl sites for hydroxylation is 3. The summed E-state index contributed by atoms with van der Waals surface area (Å²) in [5.74, 6) is 2.49. The quantitative estimate of drug-likeness (QED) is 0.857. The molecule has 1 atom stereocenters. The molecule has 20 heavy (non-hydrogen) atoms. The highest BCUT2D eigenvalue weighted by Gasteiger charge is 2.26. The van der Waals surface area contributed by atoms with Crippen molar-refractivity contribution in [3.63, 3.8) is 0 Å². The Balaban J connectivity index is 1.78. The van der Waals surface area contributed by atoms with E-state index in [-0.39, 0.29) is 0 Å². The van der Waals surface area contributed by atoms with Crippen molar-refractivity contribution >= 4 is 5.82 Å². The highest BCUT2D eigenvalue weighted by molar-refractivity contribution is 5.42. The fraction of sp³-hybridized carbons (Fsp3) is 0.533. The summed E-state index contributed by atoms with van der Waals surface area (Å²) in [5.41, 5.74) is 2.45. The van der Waals surface area contributed by atoms with Crippen molar-refractivity contribution in [2.45, 2.75) is 32.6 Å². The maximum Gasteiger partial charge on any atom is 0.132 e. The first-order chi connectivity index (χ1) is 9.65. The van der Waals surface area contributed by atoms with Gasteiger partial charge in [-0.3, -0.25) is 4.68 Å². The molecule has 5 heteroatoms. The molecule has 0 radical (unpaired) electrons. The lowest BCUT2D eigenvalue weighted by Gasteiger charge is -2.18. The lowest BCUT2D eigenvalue weighted by Crippen LogP contribution is -2.21. The van der Waals surface area contributed by atoms with Crippen molar-refractivity contribution in [2.24, 2.45) is 7.05 Å². The maximum absolute atomic E-state index is 4.59. The van der Waals surface area contributed by atoms with Gasteiger partial charge in [0.2, 0.25) is 0 Å². The molecular formula is C15H21N5. The lowest BCUT2D eigenvalue weighted by molar-refractivity contribution is 0.754. The van der Waals surface area contributed by atoms with E-state index >= 15 is 0 Å². The minimum atomic E-state index is 0.559. The molecule has 2 aromatic heterocycles. The molecule has 1 unspecified atom stereocenters. The third-order valence-electron chi connectivity index (χ3n) is 3.95. The van der Waals surface area contributed by atoms with Crippen LogP contribution in [0.15, 0.2) is 18.5 Å². The molecule has 1 fully saturated rings. The van der Waals surface area contributed by atoms with Crippen LogP contribution < -0.4 is 4.90 Å². The van der Waals surface area contributed by atoms with E-state index in [0.29, 0.717) is 5.92 Å². The Labute approximate surface area is 119 Å². The fourth-order valence-corrected chi connectivity index (χ4v) is 2.85. The van der Waals surface area contributed by atoms with Crippen LogP contribution in [0.4, 0.5) is 5.82 Å². The summed E-state index contributed by atoms with van der Waals surface area (Å²) in [4.78, 5) is 11.4. The number of aromatic nitrogens is 4. The van der Waals surface area contributed by atoms with E-state index in [1.165, 1.54) is 5.56 Å². The van der Waals surface area contributed by atoms with Gasteiger partial charge in [-0.15, -0.1) is 0 Å². The zero-order chi connectivity index (χ0) is 14.1. The molecule has 0 bridgehead atoms. The van der Waals surface area contributed by atoms with Crippen LogP contribution in [0.3, 0.4) is 0 Å². The van der Waals surface area contributed by atoms with Crippen LogP contribution in [-0.2, 0) is 13.5 Å². The zero-order valence-corrected chi connectivity index (χ0v) is 12.4. The van der Waals surface area contributed by atoms with Gasteiger partial charge < -0.3 is 4.90 Å². The summed E-state index contributed by atoms with van der Waals surface area (Å²) in [7, 11) is 1.97. The Morgan fingerprint density at radius 3 is 2.90 bits per heavy atom. The average Bonchev–Trinajstić information content (AvgIpc) is 3.06. The van der Waals surface area contributed by atoms with Gasteiger partial charge in [0.1, 0.15) is 11.6 Å². The molecule has 1 saturated heterocycles. The second-order valence-corrected chi connectivity index (χ2v) is 5.50. The molecular weight excluding hydrogens is 250 g/mol. The maximum atomic E-state index is 4.59. The summed E-state index contributed by atoms with van der Waals surface area (Å²) >= 11 is 0. The third-order valence-corrected chi connectivity index (χ3v) is 3.95. The van der Waals surface area contributed by atoms with E-state index in [9.17, 15) is 0 Å². The van der Waals surface area contributed by atoms with Gasteiger partial charge in [-0.1, -0.05) is 6.92 Å². The minimum absolute atomic E-state index is 0.559. The van der Waals surface area contributed by atoms with E-state index in [1.54, 1.807) is 0 Å². The van der Waals surface area contributed by atoms with Crippen LogP contribution in [0.1, 0.15) is 36.3 Å². The first kappa shape index (κ1) is 13.1. The molecule has 3 rings (SSSR count). The van der Waals surface area contributed by atoms with Crippen LogP contribution in [-0.4, -0.2) is 32.8 Å². The first-order valence-corrected chi connectivity index (χ1v) is 7.23.